The van der Waals surface area contributed by atoms with Crippen LogP contribution >= 0.6 is 0 Å². The second kappa shape index (κ2) is 5.72. The molecular weight excluding hydrogens is 256 g/mol. The zero-order valence-corrected chi connectivity index (χ0v) is 12.9. The molecule has 3 rings (SSSR count). The quantitative estimate of drug-likeness (QED) is 0.886. The highest BCUT2D eigenvalue weighted by Crippen LogP contribution is 2.36. The molecule has 1 heterocycles. The van der Waals surface area contributed by atoms with E-state index in [4.69, 9.17) is 4.99 Å². The van der Waals surface area contributed by atoms with Gasteiger partial charge in [0, 0.05) is 0 Å². The third kappa shape index (κ3) is 2.85. The van der Waals surface area contributed by atoms with Gasteiger partial charge in [-0.05, 0) is 37.0 Å². The third-order valence-corrected chi connectivity index (χ3v) is 4.18. The number of benzene rings is 2. The van der Waals surface area contributed by atoms with E-state index in [9.17, 15) is 0 Å². The SMILES string of the molecule is CCc1ccc([C@H]2N=C(C)NC2c2ccc(C)cc2)cc1. The maximum Gasteiger partial charge on any atom is 0.101 e. The standard InChI is InChI=1S/C19H22N2/c1-4-15-7-11-17(12-8-15)19-18(20-14(3)21-19)16-9-5-13(2)6-10-16/h5-12,18-19H,4H2,1-3H3,(H,20,21)/t18?,19-/m1/s1. The van der Waals surface area contributed by atoms with Crippen LogP contribution in [0.5, 0.6) is 0 Å². The molecule has 0 spiro atoms. The fourth-order valence-electron chi connectivity index (χ4n) is 2.88. The highest BCUT2D eigenvalue weighted by molar-refractivity contribution is 5.82. The molecule has 0 bridgehead atoms. The maximum absolute atomic E-state index is 4.80. The number of amidine groups is 1. The molecule has 2 heteroatoms. The van der Waals surface area contributed by atoms with E-state index in [1.54, 1.807) is 0 Å². The summed E-state index contributed by atoms with van der Waals surface area (Å²) in [6.45, 7) is 6.35. The van der Waals surface area contributed by atoms with E-state index in [0.29, 0.717) is 0 Å². The lowest BCUT2D eigenvalue weighted by molar-refractivity contribution is 0.572. The number of rotatable bonds is 3. The van der Waals surface area contributed by atoms with Crippen molar-refractivity contribution in [1.82, 2.24) is 5.32 Å². The molecule has 1 unspecified atom stereocenters. The molecule has 0 radical (unpaired) electrons. The van der Waals surface area contributed by atoms with Gasteiger partial charge in [-0.1, -0.05) is 61.0 Å². The van der Waals surface area contributed by atoms with Crippen LogP contribution in [0.25, 0.3) is 0 Å². The molecule has 2 aromatic rings. The van der Waals surface area contributed by atoms with Gasteiger partial charge in [-0.15, -0.1) is 0 Å². The zero-order chi connectivity index (χ0) is 14.8. The minimum absolute atomic E-state index is 0.165. The number of hydrogen-bond acceptors (Lipinski definition) is 2. The Morgan fingerprint density at radius 3 is 2.14 bits per heavy atom. The first kappa shape index (κ1) is 13.9. The summed E-state index contributed by atoms with van der Waals surface area (Å²) in [5.74, 6) is 1.02. The van der Waals surface area contributed by atoms with Crippen LogP contribution in [0.1, 0.15) is 48.2 Å². The van der Waals surface area contributed by atoms with E-state index in [0.717, 1.165) is 12.3 Å². The normalized spacial score (nSPS) is 21.0. The van der Waals surface area contributed by atoms with Crippen molar-refractivity contribution >= 4 is 5.84 Å². The van der Waals surface area contributed by atoms with Gasteiger partial charge in [0.25, 0.3) is 0 Å². The average molecular weight is 278 g/mol. The van der Waals surface area contributed by atoms with Gasteiger partial charge in [-0.25, -0.2) is 0 Å². The summed E-state index contributed by atoms with van der Waals surface area (Å²) in [6, 6.07) is 18.0. The van der Waals surface area contributed by atoms with E-state index < -0.39 is 0 Å². The number of nitrogens with zero attached hydrogens (tertiary/aromatic N) is 1. The Bertz CT molecular complexity index is 638. The molecule has 0 aromatic heterocycles. The molecule has 1 N–H and O–H groups in total. The summed E-state index contributed by atoms with van der Waals surface area (Å²) in [5.41, 5.74) is 5.24. The molecule has 0 saturated heterocycles. The highest BCUT2D eigenvalue weighted by atomic mass is 15.1. The summed E-state index contributed by atoms with van der Waals surface area (Å²) in [5, 5.41) is 3.52. The topological polar surface area (TPSA) is 24.4 Å². The molecule has 0 aliphatic carbocycles. The second-order valence-corrected chi connectivity index (χ2v) is 5.79. The Balaban J connectivity index is 1.92. The second-order valence-electron chi connectivity index (χ2n) is 5.79. The molecule has 2 atom stereocenters. The van der Waals surface area contributed by atoms with Crippen molar-refractivity contribution in [3.8, 4) is 0 Å². The van der Waals surface area contributed by atoms with Crippen LogP contribution in [0.15, 0.2) is 53.5 Å². The van der Waals surface area contributed by atoms with Crippen LogP contribution in [-0.2, 0) is 6.42 Å². The predicted octanol–water partition coefficient (Wildman–Crippen LogP) is 4.36. The van der Waals surface area contributed by atoms with Crippen molar-refractivity contribution < 1.29 is 0 Å². The van der Waals surface area contributed by atoms with Crippen molar-refractivity contribution in [3.63, 3.8) is 0 Å². The van der Waals surface area contributed by atoms with Crippen LogP contribution in [0.2, 0.25) is 0 Å². The molecule has 1 aliphatic rings. The molecule has 1 aliphatic heterocycles. The molecular formula is C19H22N2. The smallest absolute Gasteiger partial charge is 0.101 e. The van der Waals surface area contributed by atoms with Crippen LogP contribution in [-0.4, -0.2) is 5.84 Å². The first-order valence-corrected chi connectivity index (χ1v) is 7.63. The first-order chi connectivity index (χ1) is 10.2. The minimum atomic E-state index is 0.165. The lowest BCUT2D eigenvalue weighted by Gasteiger charge is -2.20. The maximum atomic E-state index is 4.80. The molecule has 2 nitrogen and oxygen atoms in total. The van der Waals surface area contributed by atoms with Crippen LogP contribution in [0.4, 0.5) is 0 Å². The minimum Gasteiger partial charge on any atom is -0.365 e. The Hall–Kier alpha value is -2.09. The highest BCUT2D eigenvalue weighted by Gasteiger charge is 2.29. The molecule has 2 aromatic carbocycles. The van der Waals surface area contributed by atoms with Gasteiger partial charge in [-0.2, -0.15) is 0 Å². The van der Waals surface area contributed by atoms with Crippen molar-refractivity contribution in [2.75, 3.05) is 0 Å². The fraction of sp³-hybridized carbons (Fsp3) is 0.316. The van der Waals surface area contributed by atoms with Gasteiger partial charge in [-0.3, -0.25) is 4.99 Å². The van der Waals surface area contributed by atoms with Gasteiger partial charge < -0.3 is 5.32 Å². The average Bonchev–Trinajstić information content (AvgIpc) is 2.90. The van der Waals surface area contributed by atoms with Gasteiger partial charge in [0.1, 0.15) is 6.04 Å². The summed E-state index contributed by atoms with van der Waals surface area (Å²) >= 11 is 0. The summed E-state index contributed by atoms with van der Waals surface area (Å²) in [4.78, 5) is 4.80. The van der Waals surface area contributed by atoms with Gasteiger partial charge >= 0.3 is 0 Å². The number of aryl methyl sites for hydroxylation is 2. The largest absolute Gasteiger partial charge is 0.365 e. The Morgan fingerprint density at radius 1 is 0.905 bits per heavy atom. The Labute approximate surface area is 126 Å². The van der Waals surface area contributed by atoms with Crippen LogP contribution in [0, 0.1) is 6.92 Å². The summed E-state index contributed by atoms with van der Waals surface area (Å²) < 4.78 is 0. The van der Waals surface area contributed by atoms with Gasteiger partial charge in [0.2, 0.25) is 0 Å². The van der Waals surface area contributed by atoms with Crippen molar-refractivity contribution in [1.29, 1.82) is 0 Å². The predicted molar refractivity (Wildman–Crippen MR) is 88.7 cm³/mol. The van der Waals surface area contributed by atoms with Crippen molar-refractivity contribution in [3.05, 3.63) is 70.8 Å². The fourth-order valence-corrected chi connectivity index (χ4v) is 2.88. The van der Waals surface area contributed by atoms with E-state index >= 15 is 0 Å². The zero-order valence-electron chi connectivity index (χ0n) is 12.9. The number of nitrogens with one attached hydrogen (secondary N) is 1. The van der Waals surface area contributed by atoms with Crippen molar-refractivity contribution in [2.45, 2.75) is 39.3 Å². The van der Waals surface area contributed by atoms with Crippen molar-refractivity contribution in [2.24, 2.45) is 4.99 Å². The lowest BCUT2D eigenvalue weighted by atomic mass is 9.93. The van der Waals surface area contributed by atoms with Crippen LogP contribution in [0.3, 0.4) is 0 Å². The first-order valence-electron chi connectivity index (χ1n) is 7.63. The summed E-state index contributed by atoms with van der Waals surface area (Å²) in [7, 11) is 0. The molecule has 21 heavy (non-hydrogen) atoms. The van der Waals surface area contributed by atoms with Gasteiger partial charge in [0.05, 0.1) is 11.9 Å². The lowest BCUT2D eigenvalue weighted by Crippen LogP contribution is -2.22. The molecule has 0 fully saturated rings. The van der Waals surface area contributed by atoms with E-state index in [-0.39, 0.29) is 12.1 Å². The Morgan fingerprint density at radius 2 is 1.52 bits per heavy atom. The van der Waals surface area contributed by atoms with Gasteiger partial charge in [0.15, 0.2) is 0 Å². The number of hydrogen-bond donors (Lipinski definition) is 1. The summed E-state index contributed by atoms with van der Waals surface area (Å²) in [6.07, 6.45) is 1.08. The third-order valence-electron chi connectivity index (χ3n) is 4.18. The monoisotopic (exact) mass is 278 g/mol. The molecule has 0 saturated carbocycles. The van der Waals surface area contributed by atoms with E-state index in [1.807, 2.05) is 6.92 Å². The van der Waals surface area contributed by atoms with Crippen LogP contribution < -0.4 is 5.32 Å². The Kier molecular flexibility index (Phi) is 3.78. The molecule has 108 valence electrons. The number of aliphatic imine (C=N–C) groups is 1. The molecule has 0 amide bonds. The van der Waals surface area contributed by atoms with E-state index in [1.165, 1.54) is 22.3 Å². The van der Waals surface area contributed by atoms with E-state index in [2.05, 4.69) is 67.7 Å².